The molecule has 1 heterocycles. The molecule has 0 radical (unpaired) electrons. The molecular formula is C7H8ClNS. The molecule has 0 saturated carbocycles. The average molecular weight is 174 g/mol. The summed E-state index contributed by atoms with van der Waals surface area (Å²) in [5, 5.41) is 0.545. The third-order valence-corrected chi connectivity index (χ3v) is 1.72. The van der Waals surface area contributed by atoms with Crippen LogP contribution in [0.3, 0.4) is 0 Å². The van der Waals surface area contributed by atoms with Crippen LogP contribution in [0.2, 0.25) is 5.15 Å². The zero-order chi connectivity index (χ0) is 7.56. The van der Waals surface area contributed by atoms with Crippen molar-refractivity contribution in [3.63, 3.8) is 0 Å². The van der Waals surface area contributed by atoms with E-state index in [0.717, 1.165) is 11.3 Å². The van der Waals surface area contributed by atoms with E-state index >= 15 is 0 Å². The highest BCUT2D eigenvalue weighted by atomic mass is 35.5. The van der Waals surface area contributed by atoms with Gasteiger partial charge in [0.15, 0.2) is 0 Å². The zero-order valence-electron chi connectivity index (χ0n) is 5.63. The first kappa shape index (κ1) is 7.89. The Balaban J connectivity index is 3.06. The van der Waals surface area contributed by atoms with E-state index < -0.39 is 0 Å². The van der Waals surface area contributed by atoms with Gasteiger partial charge < -0.3 is 0 Å². The minimum absolute atomic E-state index is 0.545. The van der Waals surface area contributed by atoms with E-state index in [1.54, 1.807) is 0 Å². The van der Waals surface area contributed by atoms with Gasteiger partial charge in [-0.2, -0.15) is 12.6 Å². The van der Waals surface area contributed by atoms with Gasteiger partial charge in [0, 0.05) is 11.4 Å². The second kappa shape index (κ2) is 3.26. The average Bonchev–Trinajstić information content (AvgIpc) is 1.85. The van der Waals surface area contributed by atoms with E-state index in [0.29, 0.717) is 10.9 Å². The Morgan fingerprint density at radius 1 is 1.60 bits per heavy atom. The maximum absolute atomic E-state index is 5.68. The molecule has 0 saturated heterocycles. The van der Waals surface area contributed by atoms with E-state index in [4.69, 9.17) is 11.6 Å². The van der Waals surface area contributed by atoms with Crippen molar-refractivity contribution < 1.29 is 0 Å². The summed E-state index contributed by atoms with van der Waals surface area (Å²) in [5.74, 6) is 0.711. The molecule has 0 fully saturated rings. The molecule has 0 unspecified atom stereocenters. The van der Waals surface area contributed by atoms with Gasteiger partial charge >= 0.3 is 0 Å². The summed E-state index contributed by atoms with van der Waals surface area (Å²) in [6.07, 6.45) is 0. The van der Waals surface area contributed by atoms with Crippen molar-refractivity contribution in [2.24, 2.45) is 0 Å². The predicted octanol–water partition coefficient (Wildman–Crippen LogP) is 2.47. The number of pyridine rings is 1. The fourth-order valence-electron chi connectivity index (χ4n) is 0.787. The molecular weight excluding hydrogens is 166 g/mol. The Morgan fingerprint density at radius 2 is 2.30 bits per heavy atom. The first-order valence-electron chi connectivity index (χ1n) is 2.96. The number of nitrogens with zero attached hydrogens (tertiary/aromatic N) is 1. The maximum Gasteiger partial charge on any atom is 0.129 e. The molecule has 1 nitrogen and oxygen atoms in total. The maximum atomic E-state index is 5.68. The molecule has 0 aliphatic heterocycles. The molecule has 0 spiro atoms. The number of rotatable bonds is 1. The van der Waals surface area contributed by atoms with Crippen molar-refractivity contribution in [2.75, 3.05) is 0 Å². The lowest BCUT2D eigenvalue weighted by molar-refractivity contribution is 1.17. The number of hydrogen-bond donors (Lipinski definition) is 1. The summed E-state index contributed by atoms with van der Waals surface area (Å²) in [4.78, 5) is 4.01. The third-order valence-electron chi connectivity index (χ3n) is 1.16. The summed E-state index contributed by atoms with van der Waals surface area (Å²) in [5.41, 5.74) is 2.05. The third kappa shape index (κ3) is 1.89. The van der Waals surface area contributed by atoms with Crippen molar-refractivity contribution in [3.05, 3.63) is 28.5 Å². The number of aryl methyl sites for hydroxylation is 1. The Kier molecular flexibility index (Phi) is 2.57. The molecule has 0 N–H and O–H groups in total. The minimum Gasteiger partial charge on any atom is -0.241 e. The normalized spacial score (nSPS) is 9.90. The van der Waals surface area contributed by atoms with Gasteiger partial charge in [0.25, 0.3) is 0 Å². The van der Waals surface area contributed by atoms with Crippen molar-refractivity contribution >= 4 is 24.2 Å². The smallest absolute Gasteiger partial charge is 0.129 e. The van der Waals surface area contributed by atoms with Crippen LogP contribution in [0.5, 0.6) is 0 Å². The molecule has 10 heavy (non-hydrogen) atoms. The molecule has 0 amide bonds. The molecule has 0 atom stereocenters. The molecule has 1 rings (SSSR count). The fourth-order valence-corrected chi connectivity index (χ4v) is 1.24. The van der Waals surface area contributed by atoms with Gasteiger partial charge in [0.05, 0.1) is 0 Å². The van der Waals surface area contributed by atoms with Crippen LogP contribution in [0.25, 0.3) is 0 Å². The topological polar surface area (TPSA) is 12.9 Å². The summed E-state index contributed by atoms with van der Waals surface area (Å²) in [6, 6.07) is 3.79. The van der Waals surface area contributed by atoms with Gasteiger partial charge in [-0.1, -0.05) is 11.6 Å². The van der Waals surface area contributed by atoms with E-state index in [1.807, 2.05) is 19.1 Å². The number of hydrogen-bond acceptors (Lipinski definition) is 2. The highest BCUT2D eigenvalue weighted by Crippen LogP contribution is 2.11. The molecule has 1 aromatic heterocycles. The minimum atomic E-state index is 0.545. The van der Waals surface area contributed by atoms with Gasteiger partial charge in [0.2, 0.25) is 0 Å². The van der Waals surface area contributed by atoms with Crippen LogP contribution in [0.4, 0.5) is 0 Å². The fraction of sp³-hybridized carbons (Fsp3) is 0.286. The van der Waals surface area contributed by atoms with Gasteiger partial charge in [0.1, 0.15) is 5.15 Å². The second-order valence-electron chi connectivity index (χ2n) is 2.10. The lowest BCUT2D eigenvalue weighted by atomic mass is 10.2. The highest BCUT2D eigenvalue weighted by molar-refractivity contribution is 7.79. The van der Waals surface area contributed by atoms with Gasteiger partial charge in [-0.3, -0.25) is 0 Å². The Labute approximate surface area is 70.8 Å². The number of aromatic nitrogens is 1. The van der Waals surface area contributed by atoms with E-state index in [-0.39, 0.29) is 0 Å². The van der Waals surface area contributed by atoms with Crippen LogP contribution >= 0.6 is 24.2 Å². The van der Waals surface area contributed by atoms with Crippen molar-refractivity contribution in [1.82, 2.24) is 4.98 Å². The van der Waals surface area contributed by atoms with Crippen LogP contribution in [-0.2, 0) is 5.75 Å². The van der Waals surface area contributed by atoms with Crippen molar-refractivity contribution in [3.8, 4) is 0 Å². The molecule has 3 heteroatoms. The molecule has 0 aromatic carbocycles. The summed E-state index contributed by atoms with van der Waals surface area (Å²) < 4.78 is 0. The second-order valence-corrected chi connectivity index (χ2v) is 2.80. The van der Waals surface area contributed by atoms with Gasteiger partial charge in [-0.25, -0.2) is 4.98 Å². The van der Waals surface area contributed by atoms with Crippen LogP contribution < -0.4 is 0 Å². The number of halogens is 1. The van der Waals surface area contributed by atoms with Gasteiger partial charge in [-0.15, -0.1) is 0 Å². The summed E-state index contributed by atoms with van der Waals surface area (Å²) in [6.45, 7) is 1.92. The van der Waals surface area contributed by atoms with E-state index in [9.17, 15) is 0 Å². The standard InChI is InChI=1S/C7H8ClNS/c1-5-2-6(4-10)3-7(8)9-5/h2-3,10H,4H2,1H3. The van der Waals surface area contributed by atoms with Crippen LogP contribution in [0, 0.1) is 6.92 Å². The van der Waals surface area contributed by atoms with Gasteiger partial charge in [-0.05, 0) is 24.6 Å². The van der Waals surface area contributed by atoms with Crippen molar-refractivity contribution in [2.45, 2.75) is 12.7 Å². The number of thiol groups is 1. The zero-order valence-corrected chi connectivity index (χ0v) is 7.28. The quantitative estimate of drug-likeness (QED) is 0.509. The SMILES string of the molecule is Cc1cc(CS)cc(Cl)n1. The summed E-state index contributed by atoms with van der Waals surface area (Å²) in [7, 11) is 0. The van der Waals surface area contributed by atoms with Crippen LogP contribution in [0.15, 0.2) is 12.1 Å². The Bertz CT molecular complexity index is 217. The van der Waals surface area contributed by atoms with E-state index in [1.165, 1.54) is 0 Å². The monoisotopic (exact) mass is 173 g/mol. The molecule has 54 valence electrons. The molecule has 0 bridgehead atoms. The largest absolute Gasteiger partial charge is 0.241 e. The lowest BCUT2D eigenvalue weighted by Gasteiger charge is -1.97. The van der Waals surface area contributed by atoms with Crippen LogP contribution in [-0.4, -0.2) is 4.98 Å². The van der Waals surface area contributed by atoms with Crippen molar-refractivity contribution in [1.29, 1.82) is 0 Å². The Hall–Kier alpha value is -0.210. The first-order chi connectivity index (χ1) is 4.72. The predicted molar refractivity (Wildman–Crippen MR) is 46.7 cm³/mol. The lowest BCUT2D eigenvalue weighted by Crippen LogP contribution is -1.85. The van der Waals surface area contributed by atoms with E-state index in [2.05, 4.69) is 17.6 Å². The first-order valence-corrected chi connectivity index (χ1v) is 3.97. The summed E-state index contributed by atoms with van der Waals surface area (Å²) >= 11 is 9.80. The Morgan fingerprint density at radius 3 is 2.80 bits per heavy atom. The molecule has 0 aliphatic carbocycles. The molecule has 1 aromatic rings. The highest BCUT2D eigenvalue weighted by Gasteiger charge is 1.94. The molecule has 0 aliphatic rings. The van der Waals surface area contributed by atoms with Crippen LogP contribution in [0.1, 0.15) is 11.3 Å².